The highest BCUT2D eigenvalue weighted by molar-refractivity contribution is 6.00. The van der Waals surface area contributed by atoms with E-state index in [0.717, 1.165) is 65.7 Å². The predicted molar refractivity (Wildman–Crippen MR) is 176 cm³/mol. The van der Waals surface area contributed by atoms with E-state index >= 15 is 0 Å². The molecule has 3 atom stereocenters. The Morgan fingerprint density at radius 1 is 1.13 bits per heavy atom. The van der Waals surface area contributed by atoms with Crippen molar-refractivity contribution >= 4 is 33.9 Å². The highest BCUT2D eigenvalue weighted by Crippen LogP contribution is 2.35. The lowest BCUT2D eigenvalue weighted by Gasteiger charge is -2.27. The molecule has 2 aliphatic rings. The van der Waals surface area contributed by atoms with Gasteiger partial charge in [0.05, 0.1) is 42.3 Å². The summed E-state index contributed by atoms with van der Waals surface area (Å²) in [7, 11) is 5.30. The fourth-order valence-electron chi connectivity index (χ4n) is 6.90. The van der Waals surface area contributed by atoms with E-state index in [1.165, 1.54) is 0 Å². The highest BCUT2D eigenvalue weighted by Gasteiger charge is 2.28. The van der Waals surface area contributed by atoms with Crippen molar-refractivity contribution in [3.8, 4) is 17.3 Å². The number of carbonyl (C=O) groups is 2. The summed E-state index contributed by atoms with van der Waals surface area (Å²) in [5.41, 5.74) is 5.71. The molecule has 246 valence electrons. The van der Waals surface area contributed by atoms with Crippen molar-refractivity contribution in [1.29, 1.82) is 0 Å². The van der Waals surface area contributed by atoms with Gasteiger partial charge in [-0.2, -0.15) is 5.10 Å². The molecule has 7 rings (SSSR count). The smallest absolute Gasteiger partial charge is 0.270 e. The molecule has 2 aliphatic heterocycles. The van der Waals surface area contributed by atoms with Gasteiger partial charge >= 0.3 is 0 Å². The molecule has 3 N–H and O–H groups in total. The number of benzene rings is 1. The van der Waals surface area contributed by atoms with E-state index in [9.17, 15) is 14.0 Å². The molecule has 12 nitrogen and oxygen atoms in total. The van der Waals surface area contributed by atoms with Crippen LogP contribution in [0.5, 0.6) is 5.75 Å². The molecule has 2 amide bonds. The molecule has 13 heteroatoms. The Bertz CT molecular complexity index is 1990. The van der Waals surface area contributed by atoms with Crippen LogP contribution in [0.3, 0.4) is 0 Å². The van der Waals surface area contributed by atoms with Gasteiger partial charge in [-0.25, -0.2) is 14.4 Å². The van der Waals surface area contributed by atoms with Crippen LogP contribution >= 0.6 is 0 Å². The number of nitrogens with zero attached hydrogens (tertiary/aromatic N) is 6. The fourth-order valence-corrected chi connectivity index (χ4v) is 6.90. The molecule has 2 bridgehead atoms. The van der Waals surface area contributed by atoms with Gasteiger partial charge in [0.1, 0.15) is 28.8 Å². The van der Waals surface area contributed by atoms with Crippen LogP contribution in [0.25, 0.3) is 33.6 Å². The molecule has 1 aromatic carbocycles. The van der Waals surface area contributed by atoms with Crippen LogP contribution in [0.1, 0.15) is 70.8 Å². The molecule has 47 heavy (non-hydrogen) atoms. The number of ether oxygens (including phenoxy) is 1. The van der Waals surface area contributed by atoms with Crippen molar-refractivity contribution in [2.75, 3.05) is 20.2 Å². The second kappa shape index (κ2) is 12.4. The summed E-state index contributed by atoms with van der Waals surface area (Å²) in [5.74, 6) is 0.680. The molecular weight excluding hydrogens is 601 g/mol. The molecule has 4 aromatic heterocycles. The van der Waals surface area contributed by atoms with Crippen molar-refractivity contribution in [3.05, 3.63) is 59.0 Å². The first-order chi connectivity index (χ1) is 22.7. The summed E-state index contributed by atoms with van der Waals surface area (Å²) in [6.07, 6.45) is 4.60. The third-order valence-electron chi connectivity index (χ3n) is 9.47. The van der Waals surface area contributed by atoms with E-state index in [-0.39, 0.29) is 17.9 Å². The lowest BCUT2D eigenvalue weighted by Crippen LogP contribution is -2.52. The topological polar surface area (TPSA) is 133 Å². The van der Waals surface area contributed by atoms with Gasteiger partial charge in [-0.3, -0.25) is 14.3 Å². The number of methoxy groups -OCH3 is 1. The summed E-state index contributed by atoms with van der Waals surface area (Å²) < 4.78 is 26.1. The van der Waals surface area contributed by atoms with Gasteiger partial charge in [0, 0.05) is 43.7 Å². The van der Waals surface area contributed by atoms with E-state index in [0.29, 0.717) is 47.9 Å². The molecule has 5 aromatic rings. The number of hydrogen-bond donors (Lipinski definition) is 3. The van der Waals surface area contributed by atoms with Crippen LogP contribution in [-0.4, -0.2) is 73.1 Å². The Kier molecular flexibility index (Phi) is 8.16. The number of nitrogens with one attached hydrogen (secondary N) is 3. The lowest BCUT2D eigenvalue weighted by atomic mass is 10.0. The van der Waals surface area contributed by atoms with Gasteiger partial charge in [0.25, 0.3) is 11.8 Å². The summed E-state index contributed by atoms with van der Waals surface area (Å²) in [6.45, 7) is 3.64. The number of pyridine rings is 1. The first kappa shape index (κ1) is 30.9. The Labute approximate surface area is 271 Å². The van der Waals surface area contributed by atoms with E-state index in [1.807, 2.05) is 30.7 Å². The molecule has 0 saturated carbocycles. The number of carbonyl (C=O) groups excluding carboxylic acids is 2. The molecule has 0 radical (unpaired) electrons. The number of alkyl halides is 1. The van der Waals surface area contributed by atoms with E-state index in [1.54, 1.807) is 37.2 Å². The number of aromatic nitrogens is 6. The Morgan fingerprint density at radius 3 is 2.79 bits per heavy atom. The Morgan fingerprint density at radius 2 is 1.98 bits per heavy atom. The number of aryl methyl sites for hydroxylation is 4. The zero-order valence-electron chi connectivity index (χ0n) is 27.1. The van der Waals surface area contributed by atoms with Gasteiger partial charge in [0.2, 0.25) is 0 Å². The second-order valence-electron chi connectivity index (χ2n) is 12.6. The average molecular weight is 642 g/mol. The number of piperidine rings is 1. The van der Waals surface area contributed by atoms with Crippen LogP contribution in [0.2, 0.25) is 0 Å². The van der Waals surface area contributed by atoms with Crippen LogP contribution in [0, 0.1) is 0 Å². The highest BCUT2D eigenvalue weighted by atomic mass is 19.1. The Balaban J connectivity index is 1.27. The summed E-state index contributed by atoms with van der Waals surface area (Å²) in [4.78, 5) is 36.7. The van der Waals surface area contributed by atoms with E-state index < -0.39 is 12.2 Å². The summed E-state index contributed by atoms with van der Waals surface area (Å²) >= 11 is 0. The van der Waals surface area contributed by atoms with Crippen LogP contribution in [-0.2, 0) is 27.1 Å². The molecule has 1 fully saturated rings. The molecule has 0 spiro atoms. The van der Waals surface area contributed by atoms with Crippen LogP contribution in [0.15, 0.2) is 36.5 Å². The summed E-state index contributed by atoms with van der Waals surface area (Å²) in [5, 5.41) is 14.4. The first-order valence-electron chi connectivity index (χ1n) is 16.3. The number of halogens is 1. The van der Waals surface area contributed by atoms with Crippen molar-refractivity contribution in [2.24, 2.45) is 14.1 Å². The van der Waals surface area contributed by atoms with E-state index in [4.69, 9.17) is 14.7 Å². The largest absolute Gasteiger partial charge is 0.494 e. The number of rotatable bonds is 4. The van der Waals surface area contributed by atoms with Gasteiger partial charge in [0.15, 0.2) is 5.82 Å². The first-order valence-corrected chi connectivity index (χ1v) is 16.3. The number of hydrogen-bond acceptors (Lipinski definition) is 7. The third-order valence-corrected chi connectivity index (χ3v) is 9.47. The van der Waals surface area contributed by atoms with Crippen molar-refractivity contribution in [3.63, 3.8) is 0 Å². The lowest BCUT2D eigenvalue weighted by molar-refractivity contribution is 0.0891. The zero-order chi connectivity index (χ0) is 32.8. The van der Waals surface area contributed by atoms with Gasteiger partial charge < -0.3 is 29.8 Å². The summed E-state index contributed by atoms with van der Waals surface area (Å²) in [6, 6.07) is 8.57. The van der Waals surface area contributed by atoms with Crippen molar-refractivity contribution < 1.29 is 18.7 Å². The van der Waals surface area contributed by atoms with Gasteiger partial charge in [-0.05, 0) is 69.5 Å². The van der Waals surface area contributed by atoms with Gasteiger partial charge in [-0.1, -0.05) is 6.42 Å². The molecule has 1 saturated heterocycles. The molecule has 0 aliphatic carbocycles. The predicted octanol–water partition coefficient (Wildman–Crippen LogP) is 3.98. The quantitative estimate of drug-likeness (QED) is 0.271. The Hall–Kier alpha value is -4.78. The minimum atomic E-state index is -1.10. The SMILES string of the molecule is COc1cc(C(=O)N[C@H]2CNCC[C@@H]2F)cc2nc(-c3cc4ccc5nc4n3CCCCCc3cnn(C)c3C(=O)N[C@@H]5C)n(C)c12. The minimum absolute atomic E-state index is 0.163. The number of fused-ring (bicyclic) bond motifs is 3. The monoisotopic (exact) mass is 641 g/mol. The maximum atomic E-state index is 14.5. The minimum Gasteiger partial charge on any atom is -0.494 e. The fraction of sp³-hybridized carbons (Fsp3) is 0.441. The average Bonchev–Trinajstić information content (AvgIpc) is 3.73. The van der Waals surface area contributed by atoms with Crippen molar-refractivity contribution in [2.45, 2.75) is 63.8 Å². The molecule has 6 heterocycles. The van der Waals surface area contributed by atoms with Crippen LogP contribution < -0.4 is 20.7 Å². The second-order valence-corrected chi connectivity index (χ2v) is 12.6. The standard InChI is InChI=1S/C34H40FN9O3/c1-19-24-10-9-20-15-27(44(31(20)39-24)13-7-5-6-8-21-17-37-43(3)29(21)34(46)38-19)32-40-25-14-22(16-28(47-4)30(25)42(32)2)33(45)41-26-18-36-12-11-23(26)35/h9-10,14-17,19,23,26,36H,5-8,11-13,18H2,1-4H3,(H,38,46)(H,41,45)/t19-,23+,26+/m1/s1. The maximum absolute atomic E-state index is 14.5. The maximum Gasteiger partial charge on any atom is 0.270 e. The van der Waals surface area contributed by atoms with E-state index in [2.05, 4.69) is 31.7 Å². The molecular formula is C34H40FN9O3. The zero-order valence-corrected chi connectivity index (χ0v) is 27.1. The van der Waals surface area contributed by atoms with Crippen LogP contribution in [0.4, 0.5) is 4.39 Å². The van der Waals surface area contributed by atoms with Gasteiger partial charge in [-0.15, -0.1) is 0 Å². The number of amides is 2. The number of imidazole rings is 1. The molecule has 0 unspecified atom stereocenters. The third kappa shape index (κ3) is 5.62. The normalized spacial score (nSPS) is 20.6. The van der Waals surface area contributed by atoms with Crippen molar-refractivity contribution in [1.82, 2.24) is 44.8 Å².